The van der Waals surface area contributed by atoms with Crippen LogP contribution in [-0.4, -0.2) is 11.1 Å². The molecule has 70 valence electrons. The first kappa shape index (κ1) is 11.9. The van der Waals surface area contributed by atoms with E-state index in [0.29, 0.717) is 10.9 Å². The molecule has 0 atom stereocenters. The lowest BCUT2D eigenvalue weighted by atomic mass is 10.2. The van der Waals surface area contributed by atoms with Crippen LogP contribution in [0.2, 0.25) is 0 Å². The van der Waals surface area contributed by atoms with E-state index >= 15 is 0 Å². The third-order valence-corrected chi connectivity index (χ3v) is 5.11. The average molecular weight is 436 g/mol. The van der Waals surface area contributed by atoms with Gasteiger partial charge < -0.3 is 0 Å². The highest BCUT2D eigenvalue weighted by molar-refractivity contribution is 9.14. The van der Waals surface area contributed by atoms with Crippen molar-refractivity contribution in [1.82, 2.24) is 0 Å². The summed E-state index contributed by atoms with van der Waals surface area (Å²) in [6.45, 7) is 0. The second-order valence-electron chi connectivity index (χ2n) is 2.31. The van der Waals surface area contributed by atoms with Gasteiger partial charge in [0, 0.05) is 19.0 Å². The van der Waals surface area contributed by atoms with Gasteiger partial charge in [-0.25, -0.2) is 0 Å². The molecule has 0 heterocycles. The first-order valence-electron chi connectivity index (χ1n) is 3.30. The van der Waals surface area contributed by atoms with Gasteiger partial charge >= 0.3 is 0 Å². The minimum atomic E-state index is 0.0638. The quantitative estimate of drug-likeness (QED) is 0.378. The number of hydrogen-bond donors (Lipinski definition) is 0. The number of ketones is 1. The summed E-state index contributed by atoms with van der Waals surface area (Å²) in [5.41, 5.74) is 0.679. The van der Waals surface area contributed by atoms with Crippen molar-refractivity contribution >= 4 is 69.5 Å². The van der Waals surface area contributed by atoms with E-state index in [1.165, 1.54) is 0 Å². The molecule has 0 amide bonds. The lowest BCUT2D eigenvalue weighted by Crippen LogP contribution is -1.99. The second kappa shape index (κ2) is 5.05. The number of Topliss-reactive ketones (excluding diaryl/α,β-unsaturated/α-hetero) is 1. The number of alkyl halides is 1. The molecule has 13 heavy (non-hydrogen) atoms. The van der Waals surface area contributed by atoms with Crippen molar-refractivity contribution in [2.24, 2.45) is 0 Å². The van der Waals surface area contributed by atoms with E-state index in [2.05, 4.69) is 63.7 Å². The maximum Gasteiger partial charge on any atom is 0.173 e. The second-order valence-corrected chi connectivity index (χ2v) is 5.37. The van der Waals surface area contributed by atoms with Crippen molar-refractivity contribution in [3.8, 4) is 0 Å². The van der Waals surface area contributed by atoms with E-state index in [1.807, 2.05) is 0 Å². The van der Waals surface area contributed by atoms with Crippen LogP contribution in [0.3, 0.4) is 0 Å². The van der Waals surface area contributed by atoms with Crippen molar-refractivity contribution in [3.63, 3.8) is 0 Å². The van der Waals surface area contributed by atoms with Crippen LogP contribution in [0.4, 0.5) is 0 Å². The first-order valence-corrected chi connectivity index (χ1v) is 6.80. The van der Waals surface area contributed by atoms with Gasteiger partial charge in [-0.15, -0.1) is 0 Å². The zero-order valence-electron chi connectivity index (χ0n) is 6.28. The molecule has 1 rings (SSSR count). The van der Waals surface area contributed by atoms with Crippen LogP contribution in [0.15, 0.2) is 25.6 Å². The van der Waals surface area contributed by atoms with Crippen molar-refractivity contribution in [1.29, 1.82) is 0 Å². The summed E-state index contributed by atoms with van der Waals surface area (Å²) in [5.74, 6) is 0.0638. The normalized spacial score (nSPS) is 10.2. The Morgan fingerprint density at radius 2 is 1.62 bits per heavy atom. The lowest BCUT2D eigenvalue weighted by Gasteiger charge is -2.03. The molecule has 0 aliphatic rings. The highest BCUT2D eigenvalue weighted by atomic mass is 79.9. The summed E-state index contributed by atoms with van der Waals surface area (Å²) < 4.78 is 2.65. The third-order valence-electron chi connectivity index (χ3n) is 1.43. The average Bonchev–Trinajstić information content (AvgIpc) is 2.12. The number of halogens is 4. The van der Waals surface area contributed by atoms with E-state index in [4.69, 9.17) is 0 Å². The molecule has 0 aromatic heterocycles. The van der Waals surface area contributed by atoms with Gasteiger partial charge in [0.25, 0.3) is 0 Å². The molecule has 1 aromatic carbocycles. The van der Waals surface area contributed by atoms with E-state index < -0.39 is 0 Å². The van der Waals surface area contributed by atoms with Gasteiger partial charge in [0.2, 0.25) is 0 Å². The van der Waals surface area contributed by atoms with Crippen LogP contribution in [0.5, 0.6) is 0 Å². The summed E-state index contributed by atoms with van der Waals surface area (Å²) >= 11 is 13.2. The molecule has 1 aromatic rings. The van der Waals surface area contributed by atoms with Gasteiger partial charge in [-0.3, -0.25) is 4.79 Å². The van der Waals surface area contributed by atoms with Gasteiger partial charge in [-0.1, -0.05) is 15.9 Å². The van der Waals surface area contributed by atoms with Crippen molar-refractivity contribution in [2.75, 3.05) is 5.33 Å². The van der Waals surface area contributed by atoms with Crippen LogP contribution in [0.25, 0.3) is 0 Å². The summed E-state index contributed by atoms with van der Waals surface area (Å²) in [5, 5.41) is 0.341. The monoisotopic (exact) mass is 432 g/mol. The van der Waals surface area contributed by atoms with Crippen molar-refractivity contribution in [3.05, 3.63) is 31.1 Å². The maximum atomic E-state index is 11.3. The van der Waals surface area contributed by atoms with Crippen LogP contribution in [0, 0.1) is 0 Å². The maximum absolute atomic E-state index is 11.3. The van der Waals surface area contributed by atoms with Crippen LogP contribution in [0.1, 0.15) is 10.4 Å². The fraction of sp³-hybridized carbons (Fsp3) is 0.125. The molecule has 0 bridgehead atoms. The Morgan fingerprint density at radius 3 is 2.00 bits per heavy atom. The molecule has 0 unspecified atom stereocenters. The Labute approximate surface area is 110 Å². The molecule has 0 radical (unpaired) electrons. The van der Waals surface area contributed by atoms with Crippen LogP contribution in [-0.2, 0) is 0 Å². The number of rotatable bonds is 2. The molecule has 1 nitrogen and oxygen atoms in total. The number of carbonyl (C=O) groups excluding carboxylic acids is 1. The molecule has 5 heteroatoms. The van der Waals surface area contributed by atoms with E-state index in [0.717, 1.165) is 13.4 Å². The molecule has 0 saturated carbocycles. The molecule has 0 aliphatic carbocycles. The summed E-state index contributed by atoms with van der Waals surface area (Å²) in [7, 11) is 0. The summed E-state index contributed by atoms with van der Waals surface area (Å²) in [6, 6.07) is 3.58. The Hall–Kier alpha value is 0.810. The van der Waals surface area contributed by atoms with Crippen LogP contribution >= 0.6 is 63.7 Å². The lowest BCUT2D eigenvalue weighted by molar-refractivity contribution is 0.102. The van der Waals surface area contributed by atoms with Crippen LogP contribution < -0.4 is 0 Å². The number of carbonyl (C=O) groups is 1. The number of benzene rings is 1. The fourth-order valence-corrected chi connectivity index (χ4v) is 2.53. The Bertz CT molecular complexity index is 325. The zero-order valence-corrected chi connectivity index (χ0v) is 12.6. The Morgan fingerprint density at radius 1 is 1.15 bits per heavy atom. The highest BCUT2D eigenvalue weighted by Gasteiger charge is 2.09. The van der Waals surface area contributed by atoms with Gasteiger partial charge in [0.1, 0.15) is 0 Å². The molecule has 0 saturated heterocycles. The molecular formula is C8H4Br4O. The first-order chi connectivity index (χ1) is 6.06. The van der Waals surface area contributed by atoms with Crippen molar-refractivity contribution in [2.45, 2.75) is 0 Å². The SMILES string of the molecule is O=C(CBr)c1cc(Br)c(Br)c(Br)c1. The molecule has 0 aliphatic heterocycles. The van der Waals surface area contributed by atoms with E-state index in [-0.39, 0.29) is 5.78 Å². The molecule has 0 fully saturated rings. The predicted molar refractivity (Wildman–Crippen MR) is 67.7 cm³/mol. The summed E-state index contributed by atoms with van der Waals surface area (Å²) in [6.07, 6.45) is 0. The predicted octanol–water partition coefficient (Wildman–Crippen LogP) is 4.55. The summed E-state index contributed by atoms with van der Waals surface area (Å²) in [4.78, 5) is 11.3. The third kappa shape index (κ3) is 2.88. The van der Waals surface area contributed by atoms with E-state index in [1.54, 1.807) is 12.1 Å². The topological polar surface area (TPSA) is 17.1 Å². The minimum Gasteiger partial charge on any atom is -0.293 e. The van der Waals surface area contributed by atoms with E-state index in [9.17, 15) is 4.79 Å². The number of hydrogen-bond acceptors (Lipinski definition) is 1. The Balaban J connectivity index is 3.20. The molecule has 0 spiro atoms. The zero-order chi connectivity index (χ0) is 10.0. The van der Waals surface area contributed by atoms with Gasteiger partial charge in [0.15, 0.2) is 5.78 Å². The largest absolute Gasteiger partial charge is 0.293 e. The Kier molecular flexibility index (Phi) is 4.62. The van der Waals surface area contributed by atoms with Gasteiger partial charge in [-0.2, -0.15) is 0 Å². The van der Waals surface area contributed by atoms with Gasteiger partial charge in [-0.05, 0) is 59.9 Å². The molecule has 0 N–H and O–H groups in total. The highest BCUT2D eigenvalue weighted by Crippen LogP contribution is 2.32. The molecular weight excluding hydrogens is 432 g/mol. The fourth-order valence-electron chi connectivity index (χ4n) is 0.794. The smallest absolute Gasteiger partial charge is 0.173 e. The minimum absolute atomic E-state index is 0.0638. The van der Waals surface area contributed by atoms with Crippen molar-refractivity contribution < 1.29 is 4.79 Å². The van der Waals surface area contributed by atoms with Gasteiger partial charge in [0.05, 0.1) is 5.33 Å². The standard InChI is InChI=1S/C8H4Br4O/c9-3-7(13)4-1-5(10)8(12)6(11)2-4/h1-2H,3H2.